The van der Waals surface area contributed by atoms with Crippen LogP contribution in [0.15, 0.2) is 24.3 Å². The minimum Gasteiger partial charge on any atom is -0.497 e. The lowest BCUT2D eigenvalue weighted by Crippen LogP contribution is -2.50. The van der Waals surface area contributed by atoms with E-state index >= 15 is 0 Å². The molecule has 16 heavy (non-hydrogen) atoms. The number of hydrogen-bond acceptors (Lipinski definition) is 3. The lowest BCUT2D eigenvalue weighted by atomic mass is 10.2. The summed E-state index contributed by atoms with van der Waals surface area (Å²) in [4.78, 5) is 3.24. The van der Waals surface area contributed by atoms with Gasteiger partial charge in [0.05, 0.1) is 12.6 Å². The van der Waals surface area contributed by atoms with Crippen molar-refractivity contribution in [3.8, 4) is 11.6 Å². The van der Waals surface area contributed by atoms with Crippen LogP contribution in [0.1, 0.15) is 0 Å². The number of aromatic nitrogens is 1. The Bertz CT molecular complexity index is 503. The van der Waals surface area contributed by atoms with Gasteiger partial charge >= 0.3 is 0 Å². The molecule has 1 saturated heterocycles. The summed E-state index contributed by atoms with van der Waals surface area (Å²) < 4.78 is 10.9. The third-order valence-corrected chi connectivity index (χ3v) is 2.84. The van der Waals surface area contributed by atoms with Crippen LogP contribution in [0.3, 0.4) is 0 Å². The summed E-state index contributed by atoms with van der Waals surface area (Å²) in [5, 5.41) is 4.32. The van der Waals surface area contributed by atoms with Gasteiger partial charge in [-0.05, 0) is 12.1 Å². The maximum absolute atomic E-state index is 5.75. The van der Waals surface area contributed by atoms with Crippen LogP contribution in [0.4, 0.5) is 0 Å². The molecule has 0 saturated carbocycles. The predicted molar refractivity (Wildman–Crippen MR) is 62.1 cm³/mol. The molecule has 1 aliphatic heterocycles. The van der Waals surface area contributed by atoms with E-state index in [0.717, 1.165) is 35.6 Å². The molecule has 3 rings (SSSR count). The van der Waals surface area contributed by atoms with E-state index in [1.165, 1.54) is 0 Å². The van der Waals surface area contributed by atoms with Crippen LogP contribution in [0, 0.1) is 0 Å². The molecule has 1 aromatic carbocycles. The van der Waals surface area contributed by atoms with E-state index in [1.807, 2.05) is 24.3 Å². The Kier molecular flexibility index (Phi) is 2.22. The molecule has 0 aliphatic carbocycles. The van der Waals surface area contributed by atoms with Gasteiger partial charge in [-0.25, -0.2) is 0 Å². The Hall–Kier alpha value is -1.68. The summed E-state index contributed by atoms with van der Waals surface area (Å²) in [6, 6.07) is 7.97. The molecule has 4 heteroatoms. The quantitative estimate of drug-likeness (QED) is 0.821. The number of aromatic amines is 1. The van der Waals surface area contributed by atoms with Gasteiger partial charge in [0.1, 0.15) is 11.9 Å². The van der Waals surface area contributed by atoms with Gasteiger partial charge in [-0.3, -0.25) is 0 Å². The predicted octanol–water partition coefficient (Wildman–Crippen LogP) is 1.53. The Morgan fingerprint density at radius 1 is 1.25 bits per heavy atom. The molecule has 84 valence electrons. The van der Waals surface area contributed by atoms with Gasteiger partial charge in [-0.15, -0.1) is 0 Å². The molecule has 1 aliphatic rings. The van der Waals surface area contributed by atoms with Crippen molar-refractivity contribution in [2.75, 3.05) is 20.2 Å². The number of benzene rings is 1. The summed E-state index contributed by atoms with van der Waals surface area (Å²) >= 11 is 0. The standard InChI is InChI=1S/C12H14N2O2/c1-15-9-3-2-8-4-12(14-11(8)5-9)16-10-6-13-7-10/h2-5,10,13-14H,6-7H2,1H3. The fourth-order valence-corrected chi connectivity index (χ4v) is 1.80. The Morgan fingerprint density at radius 3 is 2.81 bits per heavy atom. The van der Waals surface area contributed by atoms with Crippen molar-refractivity contribution in [3.05, 3.63) is 24.3 Å². The first-order valence-electron chi connectivity index (χ1n) is 5.39. The number of fused-ring (bicyclic) bond motifs is 1. The first kappa shape index (κ1) is 9.54. The average molecular weight is 218 g/mol. The molecule has 0 radical (unpaired) electrons. The number of H-pyrrole nitrogens is 1. The lowest BCUT2D eigenvalue weighted by molar-refractivity contribution is 0.137. The van der Waals surface area contributed by atoms with Gasteiger partial charge in [0.15, 0.2) is 5.88 Å². The van der Waals surface area contributed by atoms with Crippen LogP contribution in [0.25, 0.3) is 10.9 Å². The minimum absolute atomic E-state index is 0.301. The Balaban J connectivity index is 1.89. The minimum atomic E-state index is 0.301. The van der Waals surface area contributed by atoms with Crippen LogP contribution in [0.5, 0.6) is 11.6 Å². The van der Waals surface area contributed by atoms with Gasteiger partial charge in [0, 0.05) is 30.6 Å². The van der Waals surface area contributed by atoms with Crippen LogP contribution >= 0.6 is 0 Å². The number of ether oxygens (including phenoxy) is 2. The zero-order valence-corrected chi connectivity index (χ0v) is 9.12. The number of nitrogens with one attached hydrogen (secondary N) is 2. The van der Waals surface area contributed by atoms with Crippen LogP contribution < -0.4 is 14.8 Å². The van der Waals surface area contributed by atoms with E-state index in [9.17, 15) is 0 Å². The second-order valence-corrected chi connectivity index (χ2v) is 3.98. The van der Waals surface area contributed by atoms with Crippen LogP contribution in [0.2, 0.25) is 0 Å². The van der Waals surface area contributed by atoms with Crippen LogP contribution in [-0.2, 0) is 0 Å². The molecular formula is C12H14N2O2. The molecule has 0 spiro atoms. The summed E-state index contributed by atoms with van der Waals surface area (Å²) in [5.74, 6) is 1.68. The summed E-state index contributed by atoms with van der Waals surface area (Å²) in [6.45, 7) is 1.86. The third kappa shape index (κ3) is 1.61. The smallest absolute Gasteiger partial charge is 0.192 e. The van der Waals surface area contributed by atoms with Gasteiger partial charge in [-0.2, -0.15) is 0 Å². The monoisotopic (exact) mass is 218 g/mol. The fraction of sp³-hybridized carbons (Fsp3) is 0.333. The molecule has 4 nitrogen and oxygen atoms in total. The summed E-state index contributed by atoms with van der Waals surface area (Å²) in [5.41, 5.74) is 1.04. The Labute approximate surface area is 93.6 Å². The van der Waals surface area contributed by atoms with E-state index in [2.05, 4.69) is 10.3 Å². The van der Waals surface area contributed by atoms with E-state index in [4.69, 9.17) is 9.47 Å². The van der Waals surface area contributed by atoms with E-state index in [1.54, 1.807) is 7.11 Å². The third-order valence-electron chi connectivity index (χ3n) is 2.84. The van der Waals surface area contributed by atoms with E-state index in [-0.39, 0.29) is 0 Å². The maximum Gasteiger partial charge on any atom is 0.192 e. The second-order valence-electron chi connectivity index (χ2n) is 3.98. The molecule has 0 unspecified atom stereocenters. The molecule has 0 bridgehead atoms. The summed E-state index contributed by atoms with van der Waals surface area (Å²) in [7, 11) is 1.67. The van der Waals surface area contributed by atoms with Crippen molar-refractivity contribution >= 4 is 10.9 Å². The SMILES string of the molecule is COc1ccc2cc(OC3CNC3)[nH]c2c1. The van der Waals surface area contributed by atoms with E-state index in [0.29, 0.717) is 6.10 Å². The highest BCUT2D eigenvalue weighted by Gasteiger charge is 2.18. The van der Waals surface area contributed by atoms with Crippen LogP contribution in [-0.4, -0.2) is 31.3 Å². The maximum atomic E-state index is 5.75. The van der Waals surface area contributed by atoms with Crippen molar-refractivity contribution in [3.63, 3.8) is 0 Å². The van der Waals surface area contributed by atoms with E-state index < -0.39 is 0 Å². The van der Waals surface area contributed by atoms with Gasteiger partial charge < -0.3 is 19.8 Å². The molecule has 1 aromatic heterocycles. The zero-order chi connectivity index (χ0) is 11.0. The van der Waals surface area contributed by atoms with Gasteiger partial charge in [0.25, 0.3) is 0 Å². The normalized spacial score (nSPS) is 16.1. The Morgan fingerprint density at radius 2 is 2.12 bits per heavy atom. The van der Waals surface area contributed by atoms with Crippen molar-refractivity contribution in [2.24, 2.45) is 0 Å². The average Bonchev–Trinajstić information content (AvgIpc) is 2.64. The second kappa shape index (κ2) is 3.72. The summed E-state index contributed by atoms with van der Waals surface area (Å²) in [6.07, 6.45) is 0.301. The topological polar surface area (TPSA) is 46.3 Å². The number of rotatable bonds is 3. The molecule has 2 heterocycles. The number of methoxy groups -OCH3 is 1. The zero-order valence-electron chi connectivity index (χ0n) is 9.12. The lowest BCUT2D eigenvalue weighted by Gasteiger charge is -2.26. The first-order valence-corrected chi connectivity index (χ1v) is 5.39. The van der Waals surface area contributed by atoms with Crippen molar-refractivity contribution in [2.45, 2.75) is 6.10 Å². The molecule has 0 atom stereocenters. The molecular weight excluding hydrogens is 204 g/mol. The highest BCUT2D eigenvalue weighted by atomic mass is 16.5. The molecule has 0 amide bonds. The molecule has 1 fully saturated rings. The van der Waals surface area contributed by atoms with Crippen molar-refractivity contribution < 1.29 is 9.47 Å². The van der Waals surface area contributed by atoms with Gasteiger partial charge in [0.2, 0.25) is 0 Å². The largest absolute Gasteiger partial charge is 0.497 e. The molecule has 2 N–H and O–H groups in total. The van der Waals surface area contributed by atoms with Crippen molar-refractivity contribution in [1.29, 1.82) is 0 Å². The first-order chi connectivity index (χ1) is 7.85. The molecule has 2 aromatic rings. The van der Waals surface area contributed by atoms with Gasteiger partial charge in [-0.1, -0.05) is 0 Å². The highest BCUT2D eigenvalue weighted by Crippen LogP contribution is 2.25. The fourth-order valence-electron chi connectivity index (χ4n) is 1.80. The highest BCUT2D eigenvalue weighted by molar-refractivity contribution is 5.82. The van der Waals surface area contributed by atoms with Crippen molar-refractivity contribution in [1.82, 2.24) is 10.3 Å². The number of hydrogen-bond donors (Lipinski definition) is 2.